The Hall–Kier alpha value is -16.3. The van der Waals surface area contributed by atoms with E-state index in [2.05, 4.69) is 522 Å². The lowest BCUT2D eigenvalue weighted by Crippen LogP contribution is -1.94. The largest absolute Gasteiger partial charge is 0.153 e. The van der Waals surface area contributed by atoms with Crippen molar-refractivity contribution in [3.63, 3.8) is 0 Å². The zero-order valence-electron chi connectivity index (χ0n) is 75.0. The maximum Gasteiger partial charge on any atom is 0.0511 e. The molecule has 26 rings (SSSR count). The van der Waals surface area contributed by atoms with E-state index in [4.69, 9.17) is 1.28 Å². The summed E-state index contributed by atoms with van der Waals surface area (Å²) >= 11 is 3.78. The van der Waals surface area contributed by atoms with Crippen LogP contribution >= 0.6 is 32.5 Å². The maximum absolute atomic E-state index is 5.67. The normalized spacial score (nSPS) is 11.4. The number of thiophene rings is 2. The highest BCUT2D eigenvalue weighted by Gasteiger charge is 2.23. The third-order valence-corrected chi connectivity index (χ3v) is 29.2. The van der Waals surface area contributed by atoms with Gasteiger partial charge in [-0.1, -0.05) is 443 Å². The molecule has 1 unspecified atom stereocenters. The fourth-order valence-electron chi connectivity index (χ4n) is 20.3. The molecule has 0 amide bonds. The third kappa shape index (κ3) is 15.9. The predicted molar refractivity (Wildman–Crippen MR) is 592 cm³/mol. The summed E-state index contributed by atoms with van der Waals surface area (Å²) in [4.78, 5) is 0. The molecule has 0 spiro atoms. The van der Waals surface area contributed by atoms with Crippen LogP contribution in [0.2, 0.25) is 0 Å². The summed E-state index contributed by atoms with van der Waals surface area (Å²) in [7, 11) is 1.67. The minimum Gasteiger partial charge on any atom is -0.153 e. The lowest BCUT2D eigenvalue weighted by Gasteiger charge is -2.21. The summed E-state index contributed by atoms with van der Waals surface area (Å²) in [5.74, 6) is 0. The molecular formula is C132H89PS2. The quantitative estimate of drug-likeness (QED) is 0.0797. The van der Waals surface area contributed by atoms with Crippen LogP contribution in [0.15, 0.2) is 522 Å². The van der Waals surface area contributed by atoms with Crippen LogP contribution in [-0.2, 0) is 0 Å². The van der Waals surface area contributed by atoms with E-state index < -0.39 is 0 Å². The molecule has 0 bridgehead atoms. The highest BCUT2D eigenvalue weighted by Crippen LogP contribution is 2.51. The zero-order valence-corrected chi connectivity index (χ0v) is 76.8. The Balaban J connectivity index is 0.000000116. The van der Waals surface area contributed by atoms with E-state index >= 15 is 0 Å². The van der Waals surface area contributed by atoms with Gasteiger partial charge in [0.1, 0.15) is 0 Å². The van der Waals surface area contributed by atoms with Crippen molar-refractivity contribution in [1.82, 2.24) is 0 Å². The topological polar surface area (TPSA) is 0 Å². The van der Waals surface area contributed by atoms with Crippen LogP contribution in [0.4, 0.5) is 0 Å². The van der Waals surface area contributed by atoms with Gasteiger partial charge in [-0.2, -0.15) is 9.84 Å². The van der Waals surface area contributed by atoms with Crippen molar-refractivity contribution in [3.05, 3.63) is 522 Å². The Morgan fingerprint density at radius 1 is 0.111 bits per heavy atom. The molecular weight excluding hydrogens is 1680 g/mol. The van der Waals surface area contributed by atoms with E-state index in [0.717, 1.165) is 0 Å². The van der Waals surface area contributed by atoms with Gasteiger partial charge >= 0.3 is 0 Å². The fraction of sp³-hybridized carbons (Fsp3) is 0. The van der Waals surface area contributed by atoms with Crippen LogP contribution in [0.25, 0.3) is 250 Å². The summed E-state index contributed by atoms with van der Waals surface area (Å²) in [6.45, 7) is 0. The van der Waals surface area contributed by atoms with E-state index in [1.54, 1.807) is 9.84 Å². The summed E-state index contributed by atoms with van der Waals surface area (Å²) in [5.41, 5.74) is 32.1. The van der Waals surface area contributed by atoms with Crippen molar-refractivity contribution in [2.24, 2.45) is 0 Å². The van der Waals surface area contributed by atoms with Gasteiger partial charge in [0.2, 0.25) is 0 Å². The first kappa shape index (κ1) is 81.9. The van der Waals surface area contributed by atoms with E-state index in [9.17, 15) is 0 Å². The first-order chi connectivity index (χ1) is 67.4. The first-order valence-electron chi connectivity index (χ1n) is 46.6. The summed E-state index contributed by atoms with van der Waals surface area (Å²) in [6, 6.07) is 190. The molecule has 0 aliphatic rings. The molecule has 0 aliphatic carbocycles. The molecule has 0 aliphatic heterocycles. The van der Waals surface area contributed by atoms with E-state index in [1.807, 2.05) is 22.7 Å². The molecule has 3 heteroatoms. The Bertz CT molecular complexity index is 8200. The Morgan fingerprint density at radius 3 is 0.607 bits per heavy atom. The first-order valence-corrected chi connectivity index (χ1v) is 47.7. The number of hydrogen-bond acceptors (Lipinski definition) is 2. The lowest BCUT2D eigenvalue weighted by atomic mass is 9.82. The number of benzene rings is 24. The van der Waals surface area contributed by atoms with Gasteiger partial charge in [-0.25, -0.2) is 0 Å². The van der Waals surface area contributed by atoms with E-state index in [0.29, 0.717) is 0 Å². The molecule has 0 fully saturated rings. The summed E-state index contributed by atoms with van der Waals surface area (Å²) < 4.78 is 11.1. The molecule has 135 heavy (non-hydrogen) atoms. The minimum absolute atomic E-state index is 1.21. The van der Waals surface area contributed by atoms with Gasteiger partial charge in [-0.15, -0.1) is 22.7 Å². The molecule has 2 heterocycles. The molecule has 0 nitrogen and oxygen atoms in total. The van der Waals surface area contributed by atoms with Crippen LogP contribution in [0.3, 0.4) is 0 Å². The Kier molecular flexibility index (Phi) is 22.1. The molecule has 0 radical (unpaired) electrons. The highest BCUT2D eigenvalue weighted by molar-refractivity contribution is 7.26. The SMILES string of the molecule is [3H]P.c1cc(-c2cccc(-c3cccc4c3sc3ccccc34)c2)cc(-c2cccc3c2sc2ccccc23)c1.c1ccc(-c2cc3c4cc(-c5ccccc5)c(-c5ccccc5)cc4c4cc(-c5ccccc5)c(-c5ccccc5)cc4c3cc2-c2ccccc2)cc1.c1ccc(-c2ccc(-c3cccc(-c4cccc(-c5ccc6c7ccccc7c7ccccc7c6c5)c4)c3)cc2)cc1. The number of fused-ring (bicyclic) bond motifs is 18. The Labute approximate surface area is 798 Å². The predicted octanol–water partition coefficient (Wildman–Crippen LogP) is 38.4. The second kappa shape index (κ2) is 36.5. The standard InChI is InChI=1S/C54H36.C42H28.C36H22S2.H3P/c1-7-19-37(20-8-1)43-31-49-50(32-44(43)38-21-9-2-10-22-38)52-34-46(40-25-13-4-14-26-40)48(42-29-17-6-18-30-42)36-54(52)53-35-47(41-27-15-5-16-28-41)45(33-51(49)53)39-23-11-3-12-24-39;1-2-10-29(11-3-1)30-20-22-31(23-21-30)32-12-8-13-33(26-32)34-14-9-15-35(27-34)36-24-25-41-39-18-5-4-16-37(39)38-17-6-7-19-40(38)42(41)28-36;1-3-19-33-29(13-1)31-17-7-15-27(35(31)37-33)25-11-5-9-23(21-25)24-10-6-12-26(22-24)28-16-8-18-32-30-14-2-4-20-34(30)38-36(28)32;/h1-36H;1-28H;1-22H;1H3/i;;;1T. The molecule has 0 saturated heterocycles. The smallest absolute Gasteiger partial charge is 0.0511 e. The summed E-state index contributed by atoms with van der Waals surface area (Å²) in [5, 5.41) is 20.7. The van der Waals surface area contributed by atoms with Gasteiger partial charge in [-0.3, -0.25) is 0 Å². The van der Waals surface area contributed by atoms with Gasteiger partial charge in [-0.05, 0) is 288 Å². The monoisotopic (exact) mass is 1770 g/mol. The van der Waals surface area contributed by atoms with Gasteiger partial charge in [0.05, 0.1) is 1.28 Å². The van der Waals surface area contributed by atoms with Crippen molar-refractivity contribution in [1.29, 1.82) is 1.28 Å². The third-order valence-electron chi connectivity index (χ3n) is 26.8. The van der Waals surface area contributed by atoms with E-state index in [1.165, 1.54) is 250 Å². The molecule has 26 aromatic rings. The highest BCUT2D eigenvalue weighted by atomic mass is 32.1. The molecule has 634 valence electrons. The number of rotatable bonds is 13. The molecule has 24 aromatic carbocycles. The number of hydrogen-bond donors (Lipinski definition) is 0. The van der Waals surface area contributed by atoms with Crippen molar-refractivity contribution in [2.75, 3.05) is 0 Å². The molecule has 1 atom stereocenters. The average Bonchev–Trinajstić information content (AvgIpc) is 0.949. The van der Waals surface area contributed by atoms with Crippen molar-refractivity contribution < 1.29 is 0 Å². The van der Waals surface area contributed by atoms with Crippen molar-refractivity contribution in [2.45, 2.75) is 0 Å². The minimum atomic E-state index is 1.21. The van der Waals surface area contributed by atoms with Crippen LogP contribution in [0.5, 0.6) is 0 Å². The van der Waals surface area contributed by atoms with Crippen LogP contribution in [0.1, 0.15) is 0 Å². The van der Waals surface area contributed by atoms with Crippen LogP contribution in [-0.4, -0.2) is 1.28 Å². The molecule has 0 N–H and O–H groups in total. The van der Waals surface area contributed by atoms with Crippen molar-refractivity contribution >= 4 is 137 Å². The second-order valence-electron chi connectivity index (χ2n) is 34.7. The van der Waals surface area contributed by atoms with Gasteiger partial charge < -0.3 is 0 Å². The van der Waals surface area contributed by atoms with Gasteiger partial charge in [0.25, 0.3) is 0 Å². The molecule has 0 saturated carbocycles. The maximum atomic E-state index is 5.67. The average molecular weight is 1770 g/mol. The lowest BCUT2D eigenvalue weighted by molar-refractivity contribution is 1.57. The van der Waals surface area contributed by atoms with Crippen LogP contribution in [0, 0.1) is 0 Å². The van der Waals surface area contributed by atoms with Gasteiger partial charge in [0.15, 0.2) is 0 Å². The van der Waals surface area contributed by atoms with Crippen molar-refractivity contribution in [3.8, 4) is 145 Å². The fourth-order valence-corrected chi connectivity index (χ4v) is 22.8. The van der Waals surface area contributed by atoms with Gasteiger partial charge in [0, 0.05) is 40.3 Å². The van der Waals surface area contributed by atoms with Crippen LogP contribution < -0.4 is 0 Å². The summed E-state index contributed by atoms with van der Waals surface area (Å²) in [6.07, 6.45) is 0. The molecule has 2 aromatic heterocycles. The zero-order chi connectivity index (χ0) is 90.8. The van der Waals surface area contributed by atoms with E-state index in [-0.39, 0.29) is 0 Å². The second-order valence-corrected chi connectivity index (χ2v) is 36.8. The Morgan fingerprint density at radius 2 is 0.296 bits per heavy atom.